The summed E-state index contributed by atoms with van der Waals surface area (Å²) in [5.74, 6) is 0.974. The lowest BCUT2D eigenvalue weighted by molar-refractivity contribution is 0.410. The minimum atomic E-state index is 0.974. The second-order valence-corrected chi connectivity index (χ2v) is 2.26. The molecular formula is C8H13NO. The maximum atomic E-state index is 5.11. The molecule has 56 valence electrons. The molecule has 0 aliphatic carbocycles. The molecule has 0 spiro atoms. The van der Waals surface area contributed by atoms with Gasteiger partial charge in [-0.05, 0) is 19.9 Å². The van der Waals surface area contributed by atoms with Gasteiger partial charge in [-0.1, -0.05) is 0 Å². The molecule has 1 aromatic heterocycles. The third kappa shape index (κ3) is 1.01. The van der Waals surface area contributed by atoms with E-state index in [0.717, 1.165) is 12.3 Å². The van der Waals surface area contributed by atoms with Crippen molar-refractivity contribution in [2.24, 2.45) is 0 Å². The molecule has 2 heteroatoms. The zero-order valence-electron chi connectivity index (χ0n) is 6.72. The van der Waals surface area contributed by atoms with E-state index < -0.39 is 0 Å². The quantitative estimate of drug-likeness (QED) is 0.609. The maximum absolute atomic E-state index is 5.11. The van der Waals surface area contributed by atoms with Gasteiger partial charge in [0.15, 0.2) is 0 Å². The van der Waals surface area contributed by atoms with Crippen molar-refractivity contribution >= 4 is 0 Å². The highest BCUT2D eigenvalue weighted by molar-refractivity contribution is 5.27. The summed E-state index contributed by atoms with van der Waals surface area (Å²) >= 11 is 0. The highest BCUT2D eigenvalue weighted by Crippen LogP contribution is 2.17. The van der Waals surface area contributed by atoms with E-state index in [-0.39, 0.29) is 0 Å². The number of rotatable bonds is 2. The van der Waals surface area contributed by atoms with E-state index in [4.69, 9.17) is 4.74 Å². The minimum Gasteiger partial charge on any atom is -0.495 e. The Balaban J connectivity index is 2.97. The van der Waals surface area contributed by atoms with E-state index in [1.807, 2.05) is 12.3 Å². The predicted octanol–water partition coefficient (Wildman–Crippen LogP) is 1.83. The maximum Gasteiger partial charge on any atom is 0.139 e. The lowest BCUT2D eigenvalue weighted by Crippen LogP contribution is -1.94. The number of ether oxygens (including phenoxy) is 1. The van der Waals surface area contributed by atoms with Gasteiger partial charge >= 0.3 is 0 Å². The highest BCUT2D eigenvalue weighted by atomic mass is 16.5. The van der Waals surface area contributed by atoms with Crippen LogP contribution >= 0.6 is 0 Å². The summed E-state index contributed by atoms with van der Waals surface area (Å²) in [7, 11) is 1.70. The zero-order chi connectivity index (χ0) is 7.56. The zero-order valence-corrected chi connectivity index (χ0v) is 6.72. The average Bonchev–Trinajstić information content (AvgIpc) is 2.30. The van der Waals surface area contributed by atoms with Crippen molar-refractivity contribution < 1.29 is 4.74 Å². The van der Waals surface area contributed by atoms with Crippen molar-refractivity contribution in [3.05, 3.63) is 18.0 Å². The molecule has 0 aliphatic rings. The van der Waals surface area contributed by atoms with Gasteiger partial charge in [-0.2, -0.15) is 0 Å². The van der Waals surface area contributed by atoms with Crippen LogP contribution in [-0.4, -0.2) is 11.7 Å². The number of hydrogen-bond acceptors (Lipinski definition) is 1. The van der Waals surface area contributed by atoms with Gasteiger partial charge < -0.3 is 9.30 Å². The molecule has 0 fully saturated rings. The van der Waals surface area contributed by atoms with Gasteiger partial charge in [0.1, 0.15) is 5.75 Å². The smallest absolute Gasteiger partial charge is 0.139 e. The lowest BCUT2D eigenvalue weighted by Gasteiger charge is -2.01. The van der Waals surface area contributed by atoms with Gasteiger partial charge in [-0.15, -0.1) is 0 Å². The molecule has 2 nitrogen and oxygen atoms in total. The predicted molar refractivity (Wildman–Crippen MR) is 41.4 cm³/mol. The summed E-state index contributed by atoms with van der Waals surface area (Å²) < 4.78 is 7.26. The third-order valence-corrected chi connectivity index (χ3v) is 1.75. The van der Waals surface area contributed by atoms with E-state index in [1.54, 1.807) is 7.11 Å². The van der Waals surface area contributed by atoms with Crippen LogP contribution in [0.4, 0.5) is 0 Å². The molecule has 1 rings (SSSR count). The highest BCUT2D eigenvalue weighted by Gasteiger charge is 2.00. The fourth-order valence-corrected chi connectivity index (χ4v) is 1.09. The number of hydrogen-bond donors (Lipinski definition) is 0. The largest absolute Gasteiger partial charge is 0.495 e. The third-order valence-electron chi connectivity index (χ3n) is 1.75. The minimum absolute atomic E-state index is 0.974. The van der Waals surface area contributed by atoms with Crippen molar-refractivity contribution in [3.63, 3.8) is 0 Å². The Kier molecular flexibility index (Phi) is 2.00. The van der Waals surface area contributed by atoms with Gasteiger partial charge in [0.25, 0.3) is 0 Å². The molecular weight excluding hydrogens is 126 g/mol. The van der Waals surface area contributed by atoms with Crippen LogP contribution in [0.2, 0.25) is 0 Å². The Labute approximate surface area is 61.4 Å². The number of aromatic nitrogens is 1. The molecule has 0 bridgehead atoms. The molecule has 0 saturated heterocycles. The van der Waals surface area contributed by atoms with Crippen LogP contribution in [0, 0.1) is 6.92 Å². The van der Waals surface area contributed by atoms with Crippen molar-refractivity contribution in [2.45, 2.75) is 20.4 Å². The van der Waals surface area contributed by atoms with Gasteiger partial charge in [-0.3, -0.25) is 0 Å². The Hall–Kier alpha value is -0.920. The summed E-state index contributed by atoms with van der Waals surface area (Å²) in [6, 6.07) is 1.98. The van der Waals surface area contributed by atoms with Gasteiger partial charge in [-0.25, -0.2) is 0 Å². The van der Waals surface area contributed by atoms with Crippen LogP contribution in [0.1, 0.15) is 12.6 Å². The second-order valence-electron chi connectivity index (χ2n) is 2.26. The van der Waals surface area contributed by atoms with Crippen LogP contribution in [0.25, 0.3) is 0 Å². The number of aryl methyl sites for hydroxylation is 1. The fourth-order valence-electron chi connectivity index (χ4n) is 1.09. The SMILES string of the molecule is CCn1ccc(OC)c1C. The Morgan fingerprint density at radius 3 is 2.60 bits per heavy atom. The van der Waals surface area contributed by atoms with Crippen LogP contribution in [0.5, 0.6) is 5.75 Å². The molecule has 0 N–H and O–H groups in total. The molecule has 0 aromatic carbocycles. The Morgan fingerprint density at radius 2 is 2.30 bits per heavy atom. The van der Waals surface area contributed by atoms with Crippen molar-refractivity contribution in [3.8, 4) is 5.75 Å². The van der Waals surface area contributed by atoms with E-state index in [1.165, 1.54) is 5.69 Å². The Bertz CT molecular complexity index is 194. The summed E-state index contributed by atoms with van der Waals surface area (Å²) in [4.78, 5) is 0. The second kappa shape index (κ2) is 2.78. The van der Waals surface area contributed by atoms with Crippen molar-refractivity contribution in [1.29, 1.82) is 0 Å². The van der Waals surface area contributed by atoms with Crippen LogP contribution < -0.4 is 4.74 Å². The van der Waals surface area contributed by atoms with Crippen LogP contribution in [0.3, 0.4) is 0 Å². The summed E-state index contributed by atoms with van der Waals surface area (Å²) in [5, 5.41) is 0. The molecule has 0 radical (unpaired) electrons. The first kappa shape index (κ1) is 7.19. The first-order chi connectivity index (χ1) is 4.79. The first-order valence-electron chi connectivity index (χ1n) is 3.49. The average molecular weight is 139 g/mol. The number of nitrogens with zero attached hydrogens (tertiary/aromatic N) is 1. The molecule has 10 heavy (non-hydrogen) atoms. The van der Waals surface area contributed by atoms with Crippen molar-refractivity contribution in [1.82, 2.24) is 4.57 Å². The fraction of sp³-hybridized carbons (Fsp3) is 0.500. The van der Waals surface area contributed by atoms with Crippen LogP contribution in [0.15, 0.2) is 12.3 Å². The van der Waals surface area contributed by atoms with Gasteiger partial charge in [0, 0.05) is 12.7 Å². The lowest BCUT2D eigenvalue weighted by atomic mass is 10.4. The summed E-state index contributed by atoms with van der Waals surface area (Å²) in [6.45, 7) is 5.18. The molecule has 0 aliphatic heterocycles. The normalized spacial score (nSPS) is 9.90. The van der Waals surface area contributed by atoms with Gasteiger partial charge in [0.2, 0.25) is 0 Å². The molecule has 0 saturated carbocycles. The molecule has 1 heterocycles. The van der Waals surface area contributed by atoms with E-state index >= 15 is 0 Å². The first-order valence-corrected chi connectivity index (χ1v) is 3.49. The monoisotopic (exact) mass is 139 g/mol. The summed E-state index contributed by atoms with van der Waals surface area (Å²) in [5.41, 5.74) is 1.20. The topological polar surface area (TPSA) is 14.2 Å². The van der Waals surface area contributed by atoms with Crippen LogP contribution in [-0.2, 0) is 6.54 Å². The number of methoxy groups -OCH3 is 1. The van der Waals surface area contributed by atoms with E-state index in [9.17, 15) is 0 Å². The molecule has 0 unspecified atom stereocenters. The van der Waals surface area contributed by atoms with E-state index in [0.29, 0.717) is 0 Å². The molecule has 1 aromatic rings. The molecule has 0 atom stereocenters. The molecule has 0 amide bonds. The van der Waals surface area contributed by atoms with Gasteiger partial charge in [0.05, 0.1) is 12.8 Å². The Morgan fingerprint density at radius 1 is 1.60 bits per heavy atom. The van der Waals surface area contributed by atoms with Crippen molar-refractivity contribution in [2.75, 3.05) is 7.11 Å². The standard InChI is InChI=1S/C8H13NO/c1-4-9-6-5-8(10-3)7(9)2/h5-6H,4H2,1-3H3. The van der Waals surface area contributed by atoms with E-state index in [2.05, 4.69) is 18.4 Å². The summed E-state index contributed by atoms with van der Waals surface area (Å²) in [6.07, 6.45) is 2.04.